The topological polar surface area (TPSA) is 77.2 Å². The van der Waals surface area contributed by atoms with Gasteiger partial charge in [-0.1, -0.05) is 6.07 Å². The number of hydrogen-bond donors (Lipinski definition) is 2. The smallest absolute Gasteiger partial charge is 0.249 e. The number of amides is 1. The normalized spacial score (nSPS) is 10.8. The van der Waals surface area contributed by atoms with Crippen LogP contribution in [0.3, 0.4) is 0 Å². The Labute approximate surface area is 128 Å². The van der Waals surface area contributed by atoms with Gasteiger partial charge in [-0.2, -0.15) is 0 Å². The van der Waals surface area contributed by atoms with Crippen molar-refractivity contribution in [2.24, 2.45) is 5.73 Å². The summed E-state index contributed by atoms with van der Waals surface area (Å²) in [5, 5.41) is 5.10. The number of carbonyl (C=O) groups excluding carboxylic acids is 1. The second-order valence-electron chi connectivity index (χ2n) is 4.90. The van der Waals surface area contributed by atoms with Crippen LogP contribution in [0.5, 0.6) is 5.88 Å². The maximum Gasteiger partial charge on any atom is 0.249 e. The molecule has 0 atom stereocenters. The number of ether oxygens (including phenoxy) is 1. The lowest BCUT2D eigenvalue weighted by Gasteiger charge is -2.13. The molecule has 112 valence electrons. The molecule has 0 spiro atoms. The fourth-order valence-corrected chi connectivity index (χ4v) is 2.65. The van der Waals surface area contributed by atoms with Crippen LogP contribution in [-0.4, -0.2) is 17.0 Å². The zero-order valence-corrected chi connectivity index (χ0v) is 12.9. The summed E-state index contributed by atoms with van der Waals surface area (Å²) >= 11 is 1.52. The van der Waals surface area contributed by atoms with Crippen LogP contribution >= 0.6 is 11.3 Å². The van der Waals surface area contributed by atoms with E-state index in [4.69, 9.17) is 10.5 Å². The summed E-state index contributed by atoms with van der Waals surface area (Å²) < 4.78 is 5.67. The molecule has 0 aliphatic rings. The molecule has 0 fully saturated rings. The van der Waals surface area contributed by atoms with Gasteiger partial charge in [-0.3, -0.25) is 4.79 Å². The highest BCUT2D eigenvalue weighted by molar-refractivity contribution is 7.10. The van der Waals surface area contributed by atoms with E-state index in [2.05, 4.69) is 10.3 Å². The summed E-state index contributed by atoms with van der Waals surface area (Å²) in [6.45, 7) is 5.28. The SMILES string of the molecule is CC(C)Oc1ncccc1CNCc1cc(C(N)=O)cs1. The van der Waals surface area contributed by atoms with E-state index in [9.17, 15) is 4.79 Å². The fraction of sp³-hybridized carbons (Fsp3) is 0.333. The predicted molar refractivity (Wildman–Crippen MR) is 83.4 cm³/mol. The Balaban J connectivity index is 1.92. The van der Waals surface area contributed by atoms with E-state index in [1.54, 1.807) is 11.6 Å². The molecule has 0 unspecified atom stereocenters. The van der Waals surface area contributed by atoms with E-state index < -0.39 is 5.91 Å². The van der Waals surface area contributed by atoms with Gasteiger partial charge in [0, 0.05) is 35.1 Å². The number of hydrogen-bond acceptors (Lipinski definition) is 5. The molecule has 2 heterocycles. The minimum atomic E-state index is -0.391. The maximum absolute atomic E-state index is 11.0. The monoisotopic (exact) mass is 305 g/mol. The van der Waals surface area contributed by atoms with Crippen molar-refractivity contribution in [2.45, 2.75) is 33.0 Å². The van der Waals surface area contributed by atoms with Gasteiger partial charge >= 0.3 is 0 Å². The molecule has 0 aliphatic carbocycles. The molecule has 0 aromatic carbocycles. The lowest BCUT2D eigenvalue weighted by molar-refractivity contribution is 0.100. The zero-order chi connectivity index (χ0) is 15.2. The molecule has 2 aromatic heterocycles. The summed E-state index contributed by atoms with van der Waals surface area (Å²) in [7, 11) is 0. The highest BCUT2D eigenvalue weighted by Gasteiger charge is 2.07. The molecule has 0 saturated carbocycles. The minimum Gasteiger partial charge on any atom is -0.475 e. The van der Waals surface area contributed by atoms with Crippen LogP contribution in [0.1, 0.15) is 34.6 Å². The van der Waals surface area contributed by atoms with Crippen molar-refractivity contribution >= 4 is 17.2 Å². The van der Waals surface area contributed by atoms with Crippen molar-refractivity contribution in [2.75, 3.05) is 0 Å². The van der Waals surface area contributed by atoms with Gasteiger partial charge < -0.3 is 15.8 Å². The lowest BCUT2D eigenvalue weighted by Crippen LogP contribution is -2.15. The van der Waals surface area contributed by atoms with Crippen LogP contribution in [0.2, 0.25) is 0 Å². The van der Waals surface area contributed by atoms with Gasteiger partial charge in [-0.25, -0.2) is 4.98 Å². The van der Waals surface area contributed by atoms with Crippen molar-refractivity contribution in [3.05, 3.63) is 45.8 Å². The molecule has 3 N–H and O–H groups in total. The van der Waals surface area contributed by atoms with Crippen LogP contribution in [0.15, 0.2) is 29.8 Å². The molecule has 0 aliphatic heterocycles. The Bertz CT molecular complexity index is 610. The number of rotatable bonds is 7. The minimum absolute atomic E-state index is 0.0917. The van der Waals surface area contributed by atoms with E-state index in [-0.39, 0.29) is 6.10 Å². The Morgan fingerprint density at radius 1 is 1.48 bits per heavy atom. The van der Waals surface area contributed by atoms with E-state index >= 15 is 0 Å². The van der Waals surface area contributed by atoms with Gasteiger partial charge in [0.25, 0.3) is 0 Å². The van der Waals surface area contributed by atoms with Gasteiger partial charge in [0.05, 0.1) is 11.7 Å². The van der Waals surface area contributed by atoms with E-state index in [1.165, 1.54) is 11.3 Å². The van der Waals surface area contributed by atoms with Gasteiger partial charge in [0.15, 0.2) is 0 Å². The third-order valence-electron chi connectivity index (χ3n) is 2.75. The molecule has 1 amide bonds. The molecular weight excluding hydrogens is 286 g/mol. The molecule has 21 heavy (non-hydrogen) atoms. The fourth-order valence-electron chi connectivity index (χ4n) is 1.81. The predicted octanol–water partition coefficient (Wildman–Crippen LogP) is 2.32. The van der Waals surface area contributed by atoms with Gasteiger partial charge in [-0.05, 0) is 26.0 Å². The number of nitrogens with two attached hydrogens (primary N) is 1. The van der Waals surface area contributed by atoms with Crippen molar-refractivity contribution < 1.29 is 9.53 Å². The molecule has 0 bridgehead atoms. The Morgan fingerprint density at radius 3 is 2.95 bits per heavy atom. The number of pyridine rings is 1. The first-order chi connectivity index (χ1) is 10.1. The Hall–Kier alpha value is -1.92. The van der Waals surface area contributed by atoms with Crippen LogP contribution in [-0.2, 0) is 13.1 Å². The molecule has 0 radical (unpaired) electrons. The molecule has 2 rings (SSSR count). The summed E-state index contributed by atoms with van der Waals surface area (Å²) in [6, 6.07) is 5.69. The molecule has 0 saturated heterocycles. The van der Waals surface area contributed by atoms with E-state index in [1.807, 2.05) is 32.0 Å². The molecule has 6 heteroatoms. The lowest BCUT2D eigenvalue weighted by atomic mass is 10.2. The number of aromatic nitrogens is 1. The number of nitrogens with zero attached hydrogens (tertiary/aromatic N) is 1. The summed E-state index contributed by atoms with van der Waals surface area (Å²) in [5.41, 5.74) is 6.80. The quantitative estimate of drug-likeness (QED) is 0.823. The zero-order valence-electron chi connectivity index (χ0n) is 12.1. The Kier molecular flexibility index (Phi) is 5.30. The van der Waals surface area contributed by atoms with Crippen molar-refractivity contribution in [1.82, 2.24) is 10.3 Å². The number of thiophene rings is 1. The number of primary amides is 1. The summed E-state index contributed by atoms with van der Waals surface area (Å²) in [5.74, 6) is 0.265. The highest BCUT2D eigenvalue weighted by atomic mass is 32.1. The first-order valence-corrected chi connectivity index (χ1v) is 7.62. The second-order valence-corrected chi connectivity index (χ2v) is 5.90. The molecular formula is C15H19N3O2S. The summed E-state index contributed by atoms with van der Waals surface area (Å²) in [6.07, 6.45) is 1.81. The maximum atomic E-state index is 11.0. The van der Waals surface area contributed by atoms with Crippen LogP contribution in [0, 0.1) is 0 Å². The standard InChI is InChI=1S/C15H19N3O2S/c1-10(2)20-15-11(4-3-5-18-15)7-17-8-13-6-12(9-21-13)14(16)19/h3-6,9-10,17H,7-8H2,1-2H3,(H2,16,19). The van der Waals surface area contributed by atoms with E-state index in [0.29, 0.717) is 24.5 Å². The second kappa shape index (κ2) is 7.19. The first-order valence-electron chi connectivity index (χ1n) is 6.74. The summed E-state index contributed by atoms with van der Waals surface area (Å²) in [4.78, 5) is 16.4. The molecule has 5 nitrogen and oxygen atoms in total. The van der Waals surface area contributed by atoms with Crippen LogP contribution < -0.4 is 15.8 Å². The largest absolute Gasteiger partial charge is 0.475 e. The first kappa shape index (κ1) is 15.5. The Morgan fingerprint density at radius 2 is 2.29 bits per heavy atom. The third kappa shape index (κ3) is 4.54. The van der Waals surface area contributed by atoms with Crippen molar-refractivity contribution in [3.63, 3.8) is 0 Å². The van der Waals surface area contributed by atoms with Gasteiger partial charge in [-0.15, -0.1) is 11.3 Å². The van der Waals surface area contributed by atoms with E-state index in [0.717, 1.165) is 10.4 Å². The van der Waals surface area contributed by atoms with Crippen LogP contribution in [0.25, 0.3) is 0 Å². The van der Waals surface area contributed by atoms with Gasteiger partial charge in [0.2, 0.25) is 11.8 Å². The average Bonchev–Trinajstić information content (AvgIpc) is 2.89. The van der Waals surface area contributed by atoms with Crippen molar-refractivity contribution in [3.8, 4) is 5.88 Å². The van der Waals surface area contributed by atoms with Crippen LogP contribution in [0.4, 0.5) is 0 Å². The average molecular weight is 305 g/mol. The third-order valence-corrected chi connectivity index (χ3v) is 3.69. The van der Waals surface area contributed by atoms with Gasteiger partial charge in [0.1, 0.15) is 0 Å². The number of carbonyl (C=O) groups is 1. The number of nitrogens with one attached hydrogen (secondary N) is 1. The van der Waals surface area contributed by atoms with Crippen molar-refractivity contribution in [1.29, 1.82) is 0 Å². The highest BCUT2D eigenvalue weighted by Crippen LogP contribution is 2.17. The molecule has 2 aromatic rings.